The molecule has 1 aliphatic carbocycles. The number of amides is 2. The van der Waals surface area contributed by atoms with Crippen LogP contribution in [0.2, 0.25) is 10.0 Å². The number of hydrogen-bond acceptors (Lipinski definition) is 3. The molecule has 2 aromatic rings. The van der Waals surface area contributed by atoms with Crippen LogP contribution in [0.15, 0.2) is 47.7 Å². The van der Waals surface area contributed by atoms with Gasteiger partial charge in [-0.25, -0.2) is 0 Å². The highest BCUT2D eigenvalue weighted by atomic mass is 35.5. The van der Waals surface area contributed by atoms with Crippen LogP contribution in [0.1, 0.15) is 48.1 Å². The predicted molar refractivity (Wildman–Crippen MR) is 126 cm³/mol. The molecule has 2 N–H and O–H groups in total. The van der Waals surface area contributed by atoms with Gasteiger partial charge >= 0.3 is 0 Å². The van der Waals surface area contributed by atoms with Crippen molar-refractivity contribution in [2.75, 3.05) is 6.54 Å². The maximum absolute atomic E-state index is 12.8. The Morgan fingerprint density at radius 2 is 2.00 bits per heavy atom. The summed E-state index contributed by atoms with van der Waals surface area (Å²) >= 11 is 12.0. The van der Waals surface area contributed by atoms with Gasteiger partial charge in [-0.1, -0.05) is 53.0 Å². The largest absolute Gasteiger partial charge is 0.503 e. The minimum Gasteiger partial charge on any atom is -0.503 e. The van der Waals surface area contributed by atoms with Crippen LogP contribution in [0.25, 0.3) is 0 Å². The average molecular weight is 473 g/mol. The van der Waals surface area contributed by atoms with Crippen molar-refractivity contribution in [3.8, 4) is 0 Å². The van der Waals surface area contributed by atoms with E-state index in [1.54, 1.807) is 11.0 Å². The van der Waals surface area contributed by atoms with Crippen LogP contribution >= 0.6 is 23.2 Å². The number of hydrogen-bond donors (Lipinski definition) is 2. The minimum absolute atomic E-state index is 0.114. The number of nitrogens with zero attached hydrogens (tertiary/aromatic N) is 1. The van der Waals surface area contributed by atoms with Crippen LogP contribution in [0.3, 0.4) is 0 Å². The standard InChI is InChI=1S/C25H26Cl2N2O3/c1-14-3-7-17-8-10-22(18(17)11-14)29-13-19(23(30)25(29)32)24(31)28-15(2)4-5-16-6-9-20(26)21(27)12-16/h3,6-7,9,11-12,15,22,30H,4-5,8,10,13H2,1-2H3,(H,28,31)/t15?,22-/m0/s1. The molecule has 0 radical (unpaired) electrons. The molecule has 1 heterocycles. The summed E-state index contributed by atoms with van der Waals surface area (Å²) in [5, 5.41) is 14.4. The molecule has 2 amide bonds. The summed E-state index contributed by atoms with van der Waals surface area (Å²) in [6, 6.07) is 11.5. The molecule has 0 saturated carbocycles. The third-order valence-corrected chi connectivity index (χ3v) is 7.04. The van der Waals surface area contributed by atoms with Crippen molar-refractivity contribution in [2.45, 2.75) is 51.6 Å². The van der Waals surface area contributed by atoms with Gasteiger partial charge in [0.2, 0.25) is 0 Å². The quantitative estimate of drug-likeness (QED) is 0.615. The van der Waals surface area contributed by atoms with E-state index in [-0.39, 0.29) is 24.2 Å². The Labute approximate surface area is 198 Å². The minimum atomic E-state index is -0.474. The maximum Gasteiger partial charge on any atom is 0.290 e. The first-order valence-corrected chi connectivity index (χ1v) is 11.6. The lowest BCUT2D eigenvalue weighted by Crippen LogP contribution is -2.36. The molecular formula is C25H26Cl2N2O3. The van der Waals surface area contributed by atoms with E-state index in [9.17, 15) is 14.7 Å². The lowest BCUT2D eigenvalue weighted by molar-refractivity contribution is -0.130. The van der Waals surface area contributed by atoms with E-state index in [0.29, 0.717) is 22.9 Å². The van der Waals surface area contributed by atoms with Gasteiger partial charge in [-0.3, -0.25) is 9.59 Å². The maximum atomic E-state index is 12.8. The number of aliphatic hydroxyl groups is 1. The van der Waals surface area contributed by atoms with E-state index in [0.717, 1.165) is 29.5 Å². The monoisotopic (exact) mass is 472 g/mol. The summed E-state index contributed by atoms with van der Waals surface area (Å²) in [5.41, 5.74) is 4.63. The van der Waals surface area contributed by atoms with Gasteiger partial charge in [0.1, 0.15) is 0 Å². The van der Waals surface area contributed by atoms with Crippen molar-refractivity contribution in [3.63, 3.8) is 0 Å². The first-order valence-electron chi connectivity index (χ1n) is 10.8. The summed E-state index contributed by atoms with van der Waals surface area (Å²) in [5.74, 6) is -1.32. The first-order chi connectivity index (χ1) is 15.2. The summed E-state index contributed by atoms with van der Waals surface area (Å²) in [4.78, 5) is 27.2. The Bertz CT molecular complexity index is 1110. The fraction of sp³-hybridized carbons (Fsp3) is 0.360. The zero-order valence-electron chi connectivity index (χ0n) is 18.1. The van der Waals surface area contributed by atoms with Gasteiger partial charge in [0, 0.05) is 6.04 Å². The zero-order chi connectivity index (χ0) is 23.0. The van der Waals surface area contributed by atoms with Gasteiger partial charge in [-0.05, 0) is 68.4 Å². The summed E-state index contributed by atoms with van der Waals surface area (Å²) in [6.45, 7) is 4.04. The molecule has 7 heteroatoms. The number of aliphatic hydroxyl groups excluding tert-OH is 1. The number of rotatable bonds is 6. The van der Waals surface area contributed by atoms with Gasteiger partial charge in [0.15, 0.2) is 5.76 Å². The molecule has 32 heavy (non-hydrogen) atoms. The van der Waals surface area contributed by atoms with E-state index in [2.05, 4.69) is 23.5 Å². The van der Waals surface area contributed by atoms with Crippen LogP contribution in [-0.4, -0.2) is 34.4 Å². The Morgan fingerprint density at radius 1 is 1.22 bits per heavy atom. The van der Waals surface area contributed by atoms with Crippen molar-refractivity contribution in [3.05, 3.63) is 80.0 Å². The third kappa shape index (κ3) is 4.50. The topological polar surface area (TPSA) is 69.6 Å². The van der Waals surface area contributed by atoms with E-state index < -0.39 is 17.6 Å². The van der Waals surface area contributed by atoms with Crippen LogP contribution in [0.5, 0.6) is 0 Å². The average Bonchev–Trinajstić information content (AvgIpc) is 3.29. The van der Waals surface area contributed by atoms with Gasteiger partial charge in [-0.15, -0.1) is 0 Å². The van der Waals surface area contributed by atoms with Crippen molar-refractivity contribution >= 4 is 35.0 Å². The number of aryl methyl sites for hydroxylation is 3. The second-order valence-corrected chi connectivity index (χ2v) is 9.49. The van der Waals surface area contributed by atoms with Gasteiger partial charge in [-0.2, -0.15) is 0 Å². The van der Waals surface area contributed by atoms with Crippen LogP contribution in [0.4, 0.5) is 0 Å². The highest BCUT2D eigenvalue weighted by Gasteiger charge is 2.40. The van der Waals surface area contributed by atoms with E-state index >= 15 is 0 Å². The Morgan fingerprint density at radius 3 is 2.75 bits per heavy atom. The molecule has 4 rings (SSSR count). The van der Waals surface area contributed by atoms with Gasteiger partial charge in [0.05, 0.1) is 28.2 Å². The smallest absolute Gasteiger partial charge is 0.290 e. The highest BCUT2D eigenvalue weighted by Crippen LogP contribution is 2.39. The molecule has 0 fully saturated rings. The number of fused-ring (bicyclic) bond motifs is 1. The van der Waals surface area contributed by atoms with Gasteiger partial charge in [0.25, 0.3) is 11.8 Å². The number of benzene rings is 2. The molecular weight excluding hydrogens is 447 g/mol. The lowest BCUT2D eigenvalue weighted by Gasteiger charge is -2.25. The Balaban J connectivity index is 1.38. The molecule has 168 valence electrons. The molecule has 0 aromatic heterocycles. The number of carbonyl (C=O) groups excluding carboxylic acids is 2. The molecule has 2 aromatic carbocycles. The van der Waals surface area contributed by atoms with E-state index in [4.69, 9.17) is 23.2 Å². The number of halogens is 2. The Kier molecular flexibility index (Phi) is 6.50. The van der Waals surface area contributed by atoms with Crippen molar-refractivity contribution < 1.29 is 14.7 Å². The molecule has 1 aliphatic heterocycles. The van der Waals surface area contributed by atoms with E-state index in [1.807, 2.05) is 26.0 Å². The highest BCUT2D eigenvalue weighted by molar-refractivity contribution is 6.42. The third-order valence-electron chi connectivity index (χ3n) is 6.30. The molecule has 2 atom stereocenters. The van der Waals surface area contributed by atoms with Crippen LogP contribution in [0, 0.1) is 6.92 Å². The van der Waals surface area contributed by atoms with Crippen LogP contribution < -0.4 is 5.32 Å². The fourth-order valence-electron chi connectivity index (χ4n) is 4.50. The number of carbonyl (C=O) groups is 2. The molecule has 0 saturated heterocycles. The van der Waals surface area contributed by atoms with Crippen LogP contribution in [-0.2, 0) is 22.4 Å². The van der Waals surface area contributed by atoms with E-state index in [1.165, 1.54) is 5.56 Å². The predicted octanol–water partition coefficient (Wildman–Crippen LogP) is 5.08. The summed E-state index contributed by atoms with van der Waals surface area (Å²) in [7, 11) is 0. The lowest BCUT2D eigenvalue weighted by atomic mass is 10.0. The summed E-state index contributed by atoms with van der Waals surface area (Å²) in [6.07, 6.45) is 3.09. The molecule has 5 nitrogen and oxygen atoms in total. The fourth-order valence-corrected chi connectivity index (χ4v) is 4.82. The normalized spacial score (nSPS) is 18.8. The van der Waals surface area contributed by atoms with Crippen molar-refractivity contribution in [1.82, 2.24) is 10.2 Å². The second-order valence-electron chi connectivity index (χ2n) is 8.68. The Hall–Kier alpha value is -2.50. The SMILES string of the molecule is Cc1ccc2c(c1)[C@@H](N1CC(C(=O)NC(C)CCc3ccc(Cl)c(Cl)c3)=C(O)C1=O)CC2. The van der Waals surface area contributed by atoms with Crippen molar-refractivity contribution in [2.24, 2.45) is 0 Å². The molecule has 0 spiro atoms. The van der Waals surface area contributed by atoms with Gasteiger partial charge < -0.3 is 15.3 Å². The second kappa shape index (κ2) is 9.16. The molecule has 0 bridgehead atoms. The van der Waals surface area contributed by atoms with Crippen molar-refractivity contribution in [1.29, 1.82) is 0 Å². The zero-order valence-corrected chi connectivity index (χ0v) is 19.6. The molecule has 2 aliphatic rings. The summed E-state index contributed by atoms with van der Waals surface area (Å²) < 4.78 is 0. The number of nitrogens with one attached hydrogen (secondary N) is 1. The molecule has 1 unspecified atom stereocenters. The first kappa shape index (κ1) is 22.7.